The summed E-state index contributed by atoms with van der Waals surface area (Å²) in [5.41, 5.74) is 0. The molecule has 0 aromatic heterocycles. The Balaban J connectivity index is 2.84. The fraction of sp³-hybridized carbons (Fsp3) is 1.00. The van der Waals surface area contributed by atoms with Crippen molar-refractivity contribution >= 4 is 0 Å². The van der Waals surface area contributed by atoms with Crippen molar-refractivity contribution in [3.8, 4) is 0 Å². The van der Waals surface area contributed by atoms with Gasteiger partial charge in [0.1, 0.15) is 0 Å². The first-order chi connectivity index (χ1) is 4.77. The van der Waals surface area contributed by atoms with Crippen LogP contribution in [-0.4, -0.2) is 35.2 Å². The summed E-state index contributed by atoms with van der Waals surface area (Å²) in [5, 5.41) is 8.21. The van der Waals surface area contributed by atoms with Gasteiger partial charge in [0.2, 0.25) is 0 Å². The van der Waals surface area contributed by atoms with Gasteiger partial charge in [-0.05, 0) is 0 Å². The molecule has 0 rings (SSSR count). The molecule has 10 heavy (non-hydrogen) atoms. The van der Waals surface area contributed by atoms with Crippen molar-refractivity contribution in [3.05, 3.63) is 0 Å². The van der Waals surface area contributed by atoms with Gasteiger partial charge in [-0.3, -0.25) is 0 Å². The van der Waals surface area contributed by atoms with Crippen molar-refractivity contribution < 1.29 is 38.8 Å². The summed E-state index contributed by atoms with van der Waals surface area (Å²) in [6.07, 6.45) is 0. The number of aliphatic hydroxyl groups is 1. The van der Waals surface area contributed by atoms with Gasteiger partial charge in [-0.15, -0.1) is 0 Å². The van der Waals surface area contributed by atoms with Gasteiger partial charge < -0.3 is 0 Å². The second-order valence-corrected chi connectivity index (χ2v) is 2.73. The molecule has 0 spiro atoms. The predicted octanol–water partition coefficient (Wildman–Crippen LogP) is -1.20. The van der Waals surface area contributed by atoms with Gasteiger partial charge in [0, 0.05) is 0 Å². The van der Waals surface area contributed by atoms with E-state index < -0.39 is 18.6 Å². The first kappa shape index (κ1) is 10.4. The van der Waals surface area contributed by atoms with Gasteiger partial charge in [0.15, 0.2) is 0 Å². The van der Waals surface area contributed by atoms with Crippen LogP contribution in [0.3, 0.4) is 0 Å². The van der Waals surface area contributed by atoms with Gasteiger partial charge in [-0.2, -0.15) is 0 Å². The van der Waals surface area contributed by atoms with Crippen LogP contribution in [0.4, 0.5) is 0 Å². The van der Waals surface area contributed by atoms with Crippen molar-refractivity contribution in [1.82, 2.24) is 0 Å². The van der Waals surface area contributed by atoms with Crippen molar-refractivity contribution in [2.24, 2.45) is 0 Å². The second kappa shape index (κ2) is 7.46. The third-order valence-corrected chi connectivity index (χ3v) is 1.39. The molecule has 60 valence electrons. The Morgan fingerprint density at radius 2 is 2.00 bits per heavy atom. The van der Waals surface area contributed by atoms with E-state index >= 15 is 0 Å². The third-order valence-electron chi connectivity index (χ3n) is 0.689. The molecule has 0 aliphatic rings. The molecule has 0 amide bonds. The Morgan fingerprint density at radius 1 is 1.30 bits per heavy atom. The van der Waals surface area contributed by atoms with Crippen molar-refractivity contribution in [2.75, 3.05) is 26.4 Å². The van der Waals surface area contributed by atoms with Crippen LogP contribution in [-0.2, 0) is 30.0 Å². The van der Waals surface area contributed by atoms with Crippen LogP contribution in [0.1, 0.15) is 0 Å². The van der Waals surface area contributed by atoms with Crippen LogP contribution < -0.4 is 0 Å². The zero-order valence-electron chi connectivity index (χ0n) is 5.45. The van der Waals surface area contributed by atoms with E-state index in [1.54, 1.807) is 0 Å². The van der Waals surface area contributed by atoms with Crippen LogP contribution in [0.5, 0.6) is 0 Å². The van der Waals surface area contributed by atoms with E-state index in [4.69, 9.17) is 13.5 Å². The van der Waals surface area contributed by atoms with E-state index in [0.717, 1.165) is 0 Å². The van der Waals surface area contributed by atoms with Crippen LogP contribution >= 0.6 is 0 Å². The summed E-state index contributed by atoms with van der Waals surface area (Å²) in [5.74, 6) is 0. The summed E-state index contributed by atoms with van der Waals surface area (Å²) >= 11 is -3.34. The number of aliphatic hydroxyl groups excluding tert-OH is 1. The van der Waals surface area contributed by atoms with Crippen molar-refractivity contribution in [3.63, 3.8) is 0 Å². The molecule has 0 unspecified atom stereocenters. The first-order valence-electron chi connectivity index (χ1n) is 2.81. The Bertz CT molecular complexity index is 95.6. The molecule has 2 N–H and O–H groups in total. The van der Waals surface area contributed by atoms with Crippen molar-refractivity contribution in [2.45, 2.75) is 0 Å². The fourth-order valence-electron chi connectivity index (χ4n) is 0.355. The van der Waals surface area contributed by atoms with Gasteiger partial charge >= 0.3 is 65.2 Å². The SMILES string of the molecule is [O]=[Ti]([OH])[O]CCOCCO. The molecule has 0 aromatic rings. The summed E-state index contributed by atoms with van der Waals surface area (Å²) < 4.78 is 27.2. The zero-order valence-corrected chi connectivity index (χ0v) is 7.01. The normalized spacial score (nSPS) is 9.80. The van der Waals surface area contributed by atoms with Gasteiger partial charge in [0.05, 0.1) is 0 Å². The molecule has 0 atom stereocenters. The topological polar surface area (TPSA) is 76.0 Å². The summed E-state index contributed by atoms with van der Waals surface area (Å²) in [7, 11) is 0. The van der Waals surface area contributed by atoms with Gasteiger partial charge in [-0.25, -0.2) is 0 Å². The predicted molar refractivity (Wildman–Crippen MR) is 26.8 cm³/mol. The number of hydrogen-bond donors (Lipinski definition) is 2. The molecule has 0 heterocycles. The minimum absolute atomic E-state index is 0.0420. The average molecular weight is 186 g/mol. The quantitative estimate of drug-likeness (QED) is 0.402. The number of rotatable bonds is 6. The number of ether oxygens (including phenoxy) is 1. The molecule has 0 aromatic carbocycles. The first-order valence-corrected chi connectivity index (χ1v) is 4.79. The molecule has 0 aliphatic carbocycles. The Hall–Kier alpha value is 0.354. The molecule has 0 radical (unpaired) electrons. The Labute approximate surface area is 65.7 Å². The molecule has 6 heteroatoms. The maximum atomic E-state index is 9.95. The molecular weight excluding hydrogens is 176 g/mol. The molecule has 0 fully saturated rings. The van der Waals surface area contributed by atoms with E-state index in [2.05, 4.69) is 3.32 Å². The maximum absolute atomic E-state index is 9.95. The van der Waals surface area contributed by atoms with E-state index in [0.29, 0.717) is 0 Å². The molecular formula is C4H10O5Ti. The molecule has 0 bridgehead atoms. The summed E-state index contributed by atoms with van der Waals surface area (Å²) in [6.45, 7) is 0.567. The van der Waals surface area contributed by atoms with Crippen LogP contribution in [0.15, 0.2) is 0 Å². The van der Waals surface area contributed by atoms with Crippen molar-refractivity contribution in [1.29, 1.82) is 0 Å². The number of hydrogen-bond acceptors (Lipinski definition) is 4. The fourth-order valence-corrected chi connectivity index (χ4v) is 0.757. The van der Waals surface area contributed by atoms with Gasteiger partial charge in [0.25, 0.3) is 0 Å². The molecule has 5 nitrogen and oxygen atoms in total. The van der Waals surface area contributed by atoms with E-state index in [1.165, 1.54) is 0 Å². The Morgan fingerprint density at radius 3 is 2.50 bits per heavy atom. The average Bonchev–Trinajstić information content (AvgIpc) is 1.87. The third kappa shape index (κ3) is 8.35. The van der Waals surface area contributed by atoms with Gasteiger partial charge in [-0.1, -0.05) is 0 Å². The van der Waals surface area contributed by atoms with E-state index in [-0.39, 0.29) is 26.4 Å². The van der Waals surface area contributed by atoms with E-state index in [1.807, 2.05) is 0 Å². The monoisotopic (exact) mass is 186 g/mol. The molecule has 0 saturated heterocycles. The standard InChI is InChI=1S/C4H9O3.H2O.O.Ti/c5-1-3-7-4-2-6;;;/h5H,1-4H2;1H2;;/q-1;;;+2/p-1. The second-order valence-electron chi connectivity index (χ2n) is 1.45. The van der Waals surface area contributed by atoms with E-state index in [9.17, 15) is 3.32 Å². The zero-order chi connectivity index (χ0) is 7.82. The molecule has 0 saturated carbocycles. The van der Waals surface area contributed by atoms with Crippen LogP contribution in [0, 0.1) is 0 Å². The summed E-state index contributed by atoms with van der Waals surface area (Å²) in [6, 6.07) is 0. The van der Waals surface area contributed by atoms with Crippen LogP contribution in [0.25, 0.3) is 0 Å². The van der Waals surface area contributed by atoms with Crippen LogP contribution in [0.2, 0.25) is 0 Å². The minimum atomic E-state index is -3.34. The molecule has 0 aliphatic heterocycles. The summed E-state index contributed by atoms with van der Waals surface area (Å²) in [4.78, 5) is 0. The Kier molecular flexibility index (Phi) is 7.73.